The van der Waals surface area contributed by atoms with Crippen LogP contribution in [-0.2, 0) is 9.59 Å². The van der Waals surface area contributed by atoms with Crippen LogP contribution in [0.15, 0.2) is 18.2 Å². The first kappa shape index (κ1) is 19.8. The first-order chi connectivity index (χ1) is 11.2. The molecule has 0 aliphatic heterocycles. The zero-order chi connectivity index (χ0) is 18.3. The standard InChI is InChI=1S/C14H19ClN4O5/c1-18(2)6-5-16-12(14(21)22)8-13(20)17-11-7-9(19(23)24)3-4-10(11)15/h3-4,7,12,16H,5-6,8H2,1-2H3,(H,17,20)(H,21,22)/t12-/m0/s1. The third-order valence-corrected chi connectivity index (χ3v) is 3.40. The number of nitrogens with zero attached hydrogens (tertiary/aromatic N) is 2. The Hall–Kier alpha value is -2.23. The van der Waals surface area contributed by atoms with Gasteiger partial charge in [0.25, 0.3) is 5.69 Å². The van der Waals surface area contributed by atoms with Crippen LogP contribution in [0.4, 0.5) is 11.4 Å². The highest BCUT2D eigenvalue weighted by atomic mass is 35.5. The highest BCUT2D eigenvalue weighted by Gasteiger charge is 2.21. The second kappa shape index (κ2) is 9.16. The number of anilines is 1. The topological polar surface area (TPSA) is 125 Å². The monoisotopic (exact) mass is 358 g/mol. The maximum absolute atomic E-state index is 12.0. The number of carbonyl (C=O) groups excluding carboxylic acids is 1. The van der Waals surface area contributed by atoms with Gasteiger partial charge in [0.1, 0.15) is 6.04 Å². The fourth-order valence-corrected chi connectivity index (χ4v) is 1.98. The molecule has 1 aromatic carbocycles. The molecule has 9 nitrogen and oxygen atoms in total. The molecule has 1 aromatic rings. The van der Waals surface area contributed by atoms with E-state index < -0.39 is 22.8 Å². The number of non-ortho nitro benzene ring substituents is 1. The van der Waals surface area contributed by atoms with Gasteiger partial charge >= 0.3 is 5.97 Å². The molecule has 0 aliphatic carbocycles. The van der Waals surface area contributed by atoms with Crippen LogP contribution in [0.25, 0.3) is 0 Å². The first-order valence-electron chi connectivity index (χ1n) is 7.05. The highest BCUT2D eigenvalue weighted by molar-refractivity contribution is 6.33. The minimum Gasteiger partial charge on any atom is -0.480 e. The summed E-state index contributed by atoms with van der Waals surface area (Å²) in [5.41, 5.74) is -0.165. The van der Waals surface area contributed by atoms with Crippen molar-refractivity contribution in [3.8, 4) is 0 Å². The fourth-order valence-electron chi connectivity index (χ4n) is 1.82. The normalized spacial score (nSPS) is 12.0. The highest BCUT2D eigenvalue weighted by Crippen LogP contribution is 2.26. The summed E-state index contributed by atoms with van der Waals surface area (Å²) >= 11 is 5.89. The van der Waals surface area contributed by atoms with Gasteiger partial charge in [-0.05, 0) is 20.2 Å². The summed E-state index contributed by atoms with van der Waals surface area (Å²) in [7, 11) is 3.68. The maximum Gasteiger partial charge on any atom is 0.321 e. The first-order valence-corrected chi connectivity index (χ1v) is 7.43. The van der Waals surface area contributed by atoms with E-state index in [2.05, 4.69) is 10.6 Å². The molecule has 0 saturated carbocycles. The Labute approximate surface area is 143 Å². The van der Waals surface area contributed by atoms with Crippen LogP contribution in [0, 0.1) is 10.1 Å². The minimum atomic E-state index is -1.16. The Kier molecular flexibility index (Phi) is 7.56. The predicted octanol–water partition coefficient (Wildman–Crippen LogP) is 1.18. The fraction of sp³-hybridized carbons (Fsp3) is 0.429. The molecule has 1 amide bonds. The van der Waals surface area contributed by atoms with Gasteiger partial charge in [0, 0.05) is 25.2 Å². The number of amides is 1. The number of nitro benzene ring substituents is 1. The quantitative estimate of drug-likeness (QED) is 0.447. The van der Waals surface area contributed by atoms with Crippen molar-refractivity contribution in [2.75, 3.05) is 32.5 Å². The van der Waals surface area contributed by atoms with Crippen molar-refractivity contribution in [3.05, 3.63) is 33.3 Å². The number of carbonyl (C=O) groups is 2. The lowest BCUT2D eigenvalue weighted by molar-refractivity contribution is -0.384. The molecule has 1 rings (SSSR count). The number of hydrogen-bond acceptors (Lipinski definition) is 6. The Morgan fingerprint density at radius 3 is 2.62 bits per heavy atom. The molecule has 3 N–H and O–H groups in total. The van der Waals surface area contributed by atoms with Crippen molar-refractivity contribution in [2.24, 2.45) is 0 Å². The van der Waals surface area contributed by atoms with Gasteiger partial charge in [-0.2, -0.15) is 0 Å². The summed E-state index contributed by atoms with van der Waals surface area (Å²) in [6, 6.07) is 2.55. The number of likely N-dealkylation sites (N-methyl/N-ethyl adjacent to an activating group) is 1. The number of halogens is 1. The van der Waals surface area contributed by atoms with E-state index in [-0.39, 0.29) is 22.8 Å². The lowest BCUT2D eigenvalue weighted by Crippen LogP contribution is -2.42. The van der Waals surface area contributed by atoms with Crippen LogP contribution in [0.1, 0.15) is 6.42 Å². The molecule has 0 bridgehead atoms. The Balaban J connectivity index is 2.70. The third kappa shape index (κ3) is 6.49. The molecule has 0 unspecified atom stereocenters. The average molecular weight is 359 g/mol. The van der Waals surface area contributed by atoms with E-state index in [4.69, 9.17) is 16.7 Å². The molecule has 10 heteroatoms. The van der Waals surface area contributed by atoms with E-state index in [1.165, 1.54) is 12.1 Å². The molecule has 0 aliphatic rings. The number of aliphatic carboxylic acids is 1. The van der Waals surface area contributed by atoms with Gasteiger partial charge in [0.15, 0.2) is 0 Å². The Morgan fingerprint density at radius 1 is 1.42 bits per heavy atom. The van der Waals surface area contributed by atoms with Crippen molar-refractivity contribution in [2.45, 2.75) is 12.5 Å². The van der Waals surface area contributed by atoms with Gasteiger partial charge in [0.2, 0.25) is 5.91 Å². The number of benzene rings is 1. The number of nitro groups is 1. The number of carboxylic acid groups (broad SMARTS) is 1. The molecule has 0 radical (unpaired) electrons. The molecular weight excluding hydrogens is 340 g/mol. The molecule has 132 valence electrons. The van der Waals surface area contributed by atoms with Crippen LogP contribution in [0.5, 0.6) is 0 Å². The third-order valence-electron chi connectivity index (χ3n) is 3.07. The second-order valence-corrected chi connectivity index (χ2v) is 5.73. The zero-order valence-electron chi connectivity index (χ0n) is 13.3. The van der Waals surface area contributed by atoms with E-state index in [0.29, 0.717) is 13.1 Å². The van der Waals surface area contributed by atoms with Crippen LogP contribution >= 0.6 is 11.6 Å². The van der Waals surface area contributed by atoms with E-state index in [1.807, 2.05) is 19.0 Å². The zero-order valence-corrected chi connectivity index (χ0v) is 14.0. The van der Waals surface area contributed by atoms with E-state index in [9.17, 15) is 19.7 Å². The van der Waals surface area contributed by atoms with Gasteiger partial charge < -0.3 is 20.6 Å². The van der Waals surface area contributed by atoms with Gasteiger partial charge in [-0.25, -0.2) is 0 Å². The summed E-state index contributed by atoms with van der Waals surface area (Å²) in [6.07, 6.45) is -0.332. The molecule has 1 atom stereocenters. The van der Waals surface area contributed by atoms with Gasteiger partial charge in [-0.3, -0.25) is 19.7 Å². The summed E-state index contributed by atoms with van der Waals surface area (Å²) in [4.78, 5) is 35.2. The summed E-state index contributed by atoms with van der Waals surface area (Å²) in [5.74, 6) is -1.77. The van der Waals surface area contributed by atoms with Gasteiger partial charge in [-0.1, -0.05) is 11.6 Å². The maximum atomic E-state index is 12.0. The van der Waals surface area contributed by atoms with Crippen LogP contribution in [-0.4, -0.2) is 60.0 Å². The summed E-state index contributed by atoms with van der Waals surface area (Å²) < 4.78 is 0. The van der Waals surface area contributed by atoms with Crippen molar-refractivity contribution >= 4 is 34.9 Å². The molecular formula is C14H19ClN4O5. The predicted molar refractivity (Wildman–Crippen MR) is 89.3 cm³/mol. The van der Waals surface area contributed by atoms with Crippen molar-refractivity contribution in [1.29, 1.82) is 0 Å². The van der Waals surface area contributed by atoms with E-state index in [1.54, 1.807) is 0 Å². The number of hydrogen-bond donors (Lipinski definition) is 3. The minimum absolute atomic E-state index is 0.0632. The largest absolute Gasteiger partial charge is 0.480 e. The van der Waals surface area contributed by atoms with Crippen LogP contribution < -0.4 is 10.6 Å². The molecule has 0 spiro atoms. The SMILES string of the molecule is CN(C)CCN[C@@H](CC(=O)Nc1cc([N+](=O)[O-])ccc1Cl)C(=O)O. The molecule has 0 heterocycles. The average Bonchev–Trinajstić information content (AvgIpc) is 2.47. The Morgan fingerprint density at radius 2 is 2.08 bits per heavy atom. The van der Waals surface area contributed by atoms with Crippen molar-refractivity contribution < 1.29 is 19.6 Å². The van der Waals surface area contributed by atoms with E-state index in [0.717, 1.165) is 6.07 Å². The molecule has 0 aromatic heterocycles. The van der Waals surface area contributed by atoms with Crippen LogP contribution in [0.2, 0.25) is 5.02 Å². The molecule has 0 saturated heterocycles. The number of rotatable bonds is 9. The Bertz CT molecular complexity index is 623. The van der Waals surface area contributed by atoms with E-state index >= 15 is 0 Å². The van der Waals surface area contributed by atoms with Crippen molar-refractivity contribution in [3.63, 3.8) is 0 Å². The molecule has 24 heavy (non-hydrogen) atoms. The van der Waals surface area contributed by atoms with Crippen molar-refractivity contribution in [1.82, 2.24) is 10.2 Å². The lowest BCUT2D eigenvalue weighted by Gasteiger charge is -2.16. The van der Waals surface area contributed by atoms with Crippen LogP contribution in [0.3, 0.4) is 0 Å². The lowest BCUT2D eigenvalue weighted by atomic mass is 10.2. The second-order valence-electron chi connectivity index (χ2n) is 5.32. The number of carboxylic acids is 1. The number of nitrogens with one attached hydrogen (secondary N) is 2. The summed E-state index contributed by atoms with van der Waals surface area (Å²) in [5, 5.41) is 25.2. The van der Waals surface area contributed by atoms with Gasteiger partial charge in [0.05, 0.1) is 22.1 Å². The summed E-state index contributed by atoms with van der Waals surface area (Å²) in [6.45, 7) is 1.01. The van der Waals surface area contributed by atoms with Gasteiger partial charge in [-0.15, -0.1) is 0 Å². The molecule has 0 fully saturated rings. The smallest absolute Gasteiger partial charge is 0.321 e.